The molecule has 0 radical (unpaired) electrons. The summed E-state index contributed by atoms with van der Waals surface area (Å²) in [4.78, 5) is 11.3. The third-order valence-electron chi connectivity index (χ3n) is 2.17. The highest BCUT2D eigenvalue weighted by atomic mass is 16.5. The number of carbonyl (C=O) groups is 1. The molecule has 0 saturated carbocycles. The molecule has 1 aliphatic rings. The van der Waals surface area contributed by atoms with Gasteiger partial charge in [-0.25, -0.2) is 0 Å². The lowest BCUT2D eigenvalue weighted by Gasteiger charge is -2.08. The van der Waals surface area contributed by atoms with Crippen LogP contribution in [0.1, 0.15) is 20.3 Å². The molecule has 0 aromatic carbocycles. The first kappa shape index (κ1) is 8.47. The van der Waals surface area contributed by atoms with Crippen LogP contribution in [0.2, 0.25) is 0 Å². The van der Waals surface area contributed by atoms with Crippen LogP contribution < -0.4 is 0 Å². The van der Waals surface area contributed by atoms with Gasteiger partial charge in [-0.2, -0.15) is 0 Å². The Labute approximate surface area is 67.2 Å². The van der Waals surface area contributed by atoms with Gasteiger partial charge in [-0.1, -0.05) is 6.08 Å². The summed E-state index contributed by atoms with van der Waals surface area (Å²) in [6.07, 6.45) is 2.37. The van der Waals surface area contributed by atoms with Crippen molar-refractivity contribution in [3.8, 4) is 0 Å². The zero-order valence-corrected chi connectivity index (χ0v) is 7.04. The van der Waals surface area contributed by atoms with Gasteiger partial charge in [-0.05, 0) is 20.3 Å². The van der Waals surface area contributed by atoms with Gasteiger partial charge in [-0.15, -0.1) is 6.58 Å². The van der Waals surface area contributed by atoms with Crippen molar-refractivity contribution in [2.24, 2.45) is 5.92 Å². The maximum Gasteiger partial charge on any atom is 0.167 e. The van der Waals surface area contributed by atoms with Gasteiger partial charge in [0.1, 0.15) is 6.10 Å². The van der Waals surface area contributed by atoms with E-state index in [9.17, 15) is 4.79 Å². The molecule has 0 aromatic rings. The molecule has 2 heteroatoms. The number of Topliss-reactive ketones (excluding diaryl/α,β-unsaturated/α-hetero) is 1. The van der Waals surface area contributed by atoms with Crippen molar-refractivity contribution in [3.05, 3.63) is 12.7 Å². The highest BCUT2D eigenvalue weighted by Gasteiger charge is 2.36. The van der Waals surface area contributed by atoms with Crippen LogP contribution in [0.5, 0.6) is 0 Å². The molecule has 0 bridgehead atoms. The second kappa shape index (κ2) is 3.18. The van der Waals surface area contributed by atoms with E-state index in [4.69, 9.17) is 4.74 Å². The fourth-order valence-corrected chi connectivity index (χ4v) is 1.50. The molecule has 1 aliphatic heterocycles. The highest BCUT2D eigenvalue weighted by molar-refractivity contribution is 5.87. The Kier molecular flexibility index (Phi) is 2.45. The molecule has 0 spiro atoms. The van der Waals surface area contributed by atoms with Crippen LogP contribution in [0.15, 0.2) is 12.7 Å². The lowest BCUT2D eigenvalue weighted by atomic mass is 9.96. The summed E-state index contributed by atoms with van der Waals surface area (Å²) in [6, 6.07) is 0. The first-order valence-corrected chi connectivity index (χ1v) is 3.97. The highest BCUT2D eigenvalue weighted by Crippen LogP contribution is 2.25. The number of hydrogen-bond donors (Lipinski definition) is 0. The number of ether oxygens (including phenoxy) is 1. The molecule has 1 saturated heterocycles. The number of hydrogen-bond acceptors (Lipinski definition) is 2. The maximum atomic E-state index is 11.3. The standard InChI is InChI=1S/C9H14O2/c1-4-5-8-6(2)11-7(3)9(8)10/h4,6-8H,1,5H2,2-3H3. The Bertz CT molecular complexity index is 174. The van der Waals surface area contributed by atoms with Gasteiger partial charge in [0.25, 0.3) is 0 Å². The van der Waals surface area contributed by atoms with Crippen LogP contribution in [-0.2, 0) is 9.53 Å². The van der Waals surface area contributed by atoms with Crippen LogP contribution >= 0.6 is 0 Å². The predicted molar refractivity (Wildman–Crippen MR) is 43.3 cm³/mol. The van der Waals surface area contributed by atoms with E-state index in [1.54, 1.807) is 6.08 Å². The van der Waals surface area contributed by atoms with Gasteiger partial charge in [0, 0.05) is 5.92 Å². The summed E-state index contributed by atoms with van der Waals surface area (Å²) in [5.41, 5.74) is 0. The molecule has 1 fully saturated rings. The van der Waals surface area contributed by atoms with Crippen molar-refractivity contribution >= 4 is 5.78 Å². The van der Waals surface area contributed by atoms with Crippen LogP contribution in [0, 0.1) is 5.92 Å². The Hall–Kier alpha value is -0.630. The van der Waals surface area contributed by atoms with E-state index in [1.165, 1.54) is 0 Å². The second-order valence-electron chi connectivity index (χ2n) is 3.02. The molecule has 2 nitrogen and oxygen atoms in total. The molecule has 1 heterocycles. The average Bonchev–Trinajstić information content (AvgIpc) is 2.17. The molecule has 62 valence electrons. The lowest BCUT2D eigenvalue weighted by Crippen LogP contribution is -2.18. The maximum absolute atomic E-state index is 11.3. The van der Waals surface area contributed by atoms with Crippen molar-refractivity contribution in [1.82, 2.24) is 0 Å². The van der Waals surface area contributed by atoms with E-state index in [1.807, 2.05) is 13.8 Å². The van der Waals surface area contributed by atoms with E-state index in [-0.39, 0.29) is 23.9 Å². The fraction of sp³-hybridized carbons (Fsp3) is 0.667. The van der Waals surface area contributed by atoms with E-state index in [2.05, 4.69) is 6.58 Å². The first-order chi connectivity index (χ1) is 5.16. The fourth-order valence-electron chi connectivity index (χ4n) is 1.50. The lowest BCUT2D eigenvalue weighted by molar-refractivity contribution is -0.123. The summed E-state index contributed by atoms with van der Waals surface area (Å²) < 4.78 is 5.34. The molecule has 3 unspecified atom stereocenters. The van der Waals surface area contributed by atoms with E-state index >= 15 is 0 Å². The van der Waals surface area contributed by atoms with Gasteiger partial charge in [-0.3, -0.25) is 4.79 Å². The van der Waals surface area contributed by atoms with Crippen molar-refractivity contribution in [1.29, 1.82) is 0 Å². The Morgan fingerprint density at radius 1 is 1.64 bits per heavy atom. The van der Waals surface area contributed by atoms with Gasteiger partial charge in [0.05, 0.1) is 6.10 Å². The van der Waals surface area contributed by atoms with E-state index < -0.39 is 0 Å². The summed E-state index contributed by atoms with van der Waals surface area (Å²) in [5, 5.41) is 0. The van der Waals surface area contributed by atoms with Gasteiger partial charge < -0.3 is 4.74 Å². The van der Waals surface area contributed by atoms with Gasteiger partial charge in [0.15, 0.2) is 5.78 Å². The Balaban J connectivity index is 2.63. The van der Waals surface area contributed by atoms with Crippen molar-refractivity contribution in [3.63, 3.8) is 0 Å². The normalized spacial score (nSPS) is 37.6. The zero-order chi connectivity index (χ0) is 8.43. The molecule has 3 atom stereocenters. The minimum Gasteiger partial charge on any atom is -0.367 e. The SMILES string of the molecule is C=CCC1C(=O)C(C)OC1C. The summed E-state index contributed by atoms with van der Waals surface area (Å²) in [7, 11) is 0. The second-order valence-corrected chi connectivity index (χ2v) is 3.02. The van der Waals surface area contributed by atoms with Gasteiger partial charge >= 0.3 is 0 Å². The summed E-state index contributed by atoms with van der Waals surface area (Å²) >= 11 is 0. The van der Waals surface area contributed by atoms with Gasteiger partial charge in [0.2, 0.25) is 0 Å². The average molecular weight is 154 g/mol. The third-order valence-corrected chi connectivity index (χ3v) is 2.17. The molecular formula is C9H14O2. The van der Waals surface area contributed by atoms with Crippen LogP contribution in [0.25, 0.3) is 0 Å². The minimum atomic E-state index is -0.213. The molecule has 11 heavy (non-hydrogen) atoms. The predicted octanol–water partition coefficient (Wildman–Crippen LogP) is 1.55. The van der Waals surface area contributed by atoms with Crippen molar-refractivity contribution in [2.75, 3.05) is 0 Å². The third kappa shape index (κ3) is 1.51. The van der Waals surface area contributed by atoms with Crippen molar-refractivity contribution in [2.45, 2.75) is 32.5 Å². The number of ketones is 1. The minimum absolute atomic E-state index is 0.0440. The summed E-state index contributed by atoms with van der Waals surface area (Å²) in [5.74, 6) is 0.264. The topological polar surface area (TPSA) is 26.3 Å². The van der Waals surface area contributed by atoms with Crippen LogP contribution in [0.4, 0.5) is 0 Å². The monoisotopic (exact) mass is 154 g/mol. The quantitative estimate of drug-likeness (QED) is 0.564. The number of allylic oxidation sites excluding steroid dienone is 1. The molecule has 0 aromatic heterocycles. The number of rotatable bonds is 2. The van der Waals surface area contributed by atoms with Crippen LogP contribution in [0.3, 0.4) is 0 Å². The van der Waals surface area contributed by atoms with Crippen molar-refractivity contribution < 1.29 is 9.53 Å². The van der Waals surface area contributed by atoms with Crippen LogP contribution in [-0.4, -0.2) is 18.0 Å². The molecule has 0 amide bonds. The smallest absolute Gasteiger partial charge is 0.167 e. The molecule has 0 N–H and O–H groups in total. The molecule has 0 aliphatic carbocycles. The molecule has 1 rings (SSSR count). The summed E-state index contributed by atoms with van der Waals surface area (Å²) in [6.45, 7) is 7.36. The first-order valence-electron chi connectivity index (χ1n) is 3.97. The molecular weight excluding hydrogens is 140 g/mol. The largest absolute Gasteiger partial charge is 0.367 e. The zero-order valence-electron chi connectivity index (χ0n) is 7.04. The van der Waals surface area contributed by atoms with E-state index in [0.29, 0.717) is 0 Å². The van der Waals surface area contributed by atoms with E-state index in [0.717, 1.165) is 6.42 Å². The number of carbonyl (C=O) groups excluding carboxylic acids is 1. The Morgan fingerprint density at radius 2 is 2.27 bits per heavy atom. The Morgan fingerprint density at radius 3 is 2.64 bits per heavy atom.